The maximum absolute atomic E-state index is 5.76. The van der Waals surface area contributed by atoms with Gasteiger partial charge in [0.05, 0.1) is 6.61 Å². The number of benzene rings is 1. The van der Waals surface area contributed by atoms with E-state index < -0.39 is 0 Å². The van der Waals surface area contributed by atoms with Crippen LogP contribution in [0.5, 0.6) is 5.75 Å². The second kappa shape index (κ2) is 4.67. The lowest BCUT2D eigenvalue weighted by molar-refractivity contribution is 0.314. The summed E-state index contributed by atoms with van der Waals surface area (Å²) in [5.74, 6) is 1.09. The van der Waals surface area contributed by atoms with Crippen LogP contribution in [-0.2, 0) is 6.42 Å². The summed E-state index contributed by atoms with van der Waals surface area (Å²) in [6.45, 7) is 2.96. The maximum atomic E-state index is 5.76. The molecule has 0 spiro atoms. The van der Waals surface area contributed by atoms with Crippen LogP contribution in [0.15, 0.2) is 18.2 Å². The van der Waals surface area contributed by atoms with Gasteiger partial charge in [-0.1, -0.05) is 19.1 Å². The highest BCUT2D eigenvalue weighted by atomic mass is 16.5. The fourth-order valence-electron chi connectivity index (χ4n) is 2.27. The van der Waals surface area contributed by atoms with Gasteiger partial charge in [-0.05, 0) is 43.5 Å². The SMILES string of the molecule is CCCOc1cccc2c1CCC2NC. The lowest BCUT2D eigenvalue weighted by Crippen LogP contribution is -2.12. The van der Waals surface area contributed by atoms with Crippen molar-refractivity contribution in [2.45, 2.75) is 32.2 Å². The molecule has 0 aliphatic heterocycles. The Labute approximate surface area is 91.6 Å². The summed E-state index contributed by atoms with van der Waals surface area (Å²) in [6.07, 6.45) is 3.40. The monoisotopic (exact) mass is 205 g/mol. The molecule has 0 bridgehead atoms. The fourth-order valence-corrected chi connectivity index (χ4v) is 2.27. The standard InChI is InChI=1S/C13H19NO/c1-3-9-15-13-6-4-5-10-11(13)7-8-12(10)14-2/h4-6,12,14H,3,7-9H2,1-2H3. The zero-order valence-electron chi connectivity index (χ0n) is 9.55. The number of ether oxygens (including phenoxy) is 1. The molecule has 2 nitrogen and oxygen atoms in total. The first-order valence-corrected chi connectivity index (χ1v) is 5.78. The Morgan fingerprint density at radius 1 is 1.47 bits per heavy atom. The van der Waals surface area contributed by atoms with Gasteiger partial charge in [-0.3, -0.25) is 0 Å². The van der Waals surface area contributed by atoms with Crippen LogP contribution in [0.3, 0.4) is 0 Å². The molecular formula is C13H19NO. The lowest BCUT2D eigenvalue weighted by atomic mass is 10.1. The molecule has 1 unspecified atom stereocenters. The maximum Gasteiger partial charge on any atom is 0.122 e. The first-order valence-electron chi connectivity index (χ1n) is 5.78. The minimum Gasteiger partial charge on any atom is -0.493 e. The van der Waals surface area contributed by atoms with E-state index in [1.54, 1.807) is 0 Å². The third kappa shape index (κ3) is 2.00. The van der Waals surface area contributed by atoms with E-state index in [1.165, 1.54) is 17.5 Å². The Balaban J connectivity index is 2.23. The number of fused-ring (bicyclic) bond motifs is 1. The molecule has 1 aromatic carbocycles. The molecule has 15 heavy (non-hydrogen) atoms. The number of rotatable bonds is 4. The highest BCUT2D eigenvalue weighted by molar-refractivity contribution is 5.45. The van der Waals surface area contributed by atoms with E-state index in [2.05, 4.69) is 30.4 Å². The van der Waals surface area contributed by atoms with Crippen LogP contribution in [0.1, 0.15) is 36.9 Å². The van der Waals surface area contributed by atoms with Crippen LogP contribution >= 0.6 is 0 Å². The lowest BCUT2D eigenvalue weighted by Gasteiger charge is -2.12. The van der Waals surface area contributed by atoms with E-state index in [1.807, 2.05) is 7.05 Å². The normalized spacial score (nSPS) is 18.9. The van der Waals surface area contributed by atoms with Crippen molar-refractivity contribution in [1.82, 2.24) is 5.32 Å². The highest BCUT2D eigenvalue weighted by Gasteiger charge is 2.23. The zero-order valence-corrected chi connectivity index (χ0v) is 9.55. The van der Waals surface area contributed by atoms with Crippen molar-refractivity contribution >= 4 is 0 Å². The first kappa shape index (κ1) is 10.5. The van der Waals surface area contributed by atoms with Gasteiger partial charge in [-0.15, -0.1) is 0 Å². The quantitative estimate of drug-likeness (QED) is 0.816. The molecule has 0 saturated carbocycles. The Morgan fingerprint density at radius 3 is 3.07 bits per heavy atom. The molecule has 1 aliphatic rings. The smallest absolute Gasteiger partial charge is 0.122 e. The Hall–Kier alpha value is -1.02. The van der Waals surface area contributed by atoms with Crippen molar-refractivity contribution in [1.29, 1.82) is 0 Å². The molecule has 0 radical (unpaired) electrons. The van der Waals surface area contributed by atoms with Gasteiger partial charge in [-0.25, -0.2) is 0 Å². The topological polar surface area (TPSA) is 21.3 Å². The van der Waals surface area contributed by atoms with Gasteiger partial charge >= 0.3 is 0 Å². The van der Waals surface area contributed by atoms with Crippen molar-refractivity contribution in [2.24, 2.45) is 0 Å². The van der Waals surface area contributed by atoms with Gasteiger partial charge < -0.3 is 10.1 Å². The van der Waals surface area contributed by atoms with Crippen molar-refractivity contribution in [3.8, 4) is 5.75 Å². The minimum atomic E-state index is 0.519. The van der Waals surface area contributed by atoms with E-state index in [0.717, 1.165) is 25.2 Å². The molecule has 82 valence electrons. The van der Waals surface area contributed by atoms with Crippen molar-refractivity contribution in [3.05, 3.63) is 29.3 Å². The van der Waals surface area contributed by atoms with E-state index in [4.69, 9.17) is 4.74 Å². The van der Waals surface area contributed by atoms with Crippen LogP contribution < -0.4 is 10.1 Å². The Morgan fingerprint density at radius 2 is 2.33 bits per heavy atom. The molecule has 1 atom stereocenters. The molecule has 1 aliphatic carbocycles. The van der Waals surface area contributed by atoms with Crippen LogP contribution in [0.4, 0.5) is 0 Å². The number of hydrogen-bond donors (Lipinski definition) is 1. The summed E-state index contributed by atoms with van der Waals surface area (Å²) < 4.78 is 5.76. The van der Waals surface area contributed by atoms with Crippen LogP contribution in [-0.4, -0.2) is 13.7 Å². The second-order valence-electron chi connectivity index (χ2n) is 4.05. The molecular weight excluding hydrogens is 186 g/mol. The third-order valence-corrected chi connectivity index (χ3v) is 3.04. The summed E-state index contributed by atoms with van der Waals surface area (Å²) in [5.41, 5.74) is 2.83. The molecule has 1 aromatic rings. The molecule has 2 heteroatoms. The summed E-state index contributed by atoms with van der Waals surface area (Å²) in [4.78, 5) is 0. The van der Waals surface area contributed by atoms with E-state index in [9.17, 15) is 0 Å². The summed E-state index contributed by atoms with van der Waals surface area (Å²) >= 11 is 0. The summed E-state index contributed by atoms with van der Waals surface area (Å²) in [5, 5.41) is 3.35. The van der Waals surface area contributed by atoms with Crippen molar-refractivity contribution in [3.63, 3.8) is 0 Å². The molecule has 0 heterocycles. The zero-order chi connectivity index (χ0) is 10.7. The molecule has 0 amide bonds. The molecule has 0 aromatic heterocycles. The van der Waals surface area contributed by atoms with Crippen LogP contribution in [0.25, 0.3) is 0 Å². The predicted octanol–water partition coefficient (Wildman–Crippen LogP) is 2.68. The van der Waals surface area contributed by atoms with Gasteiger partial charge in [0.25, 0.3) is 0 Å². The molecule has 0 fully saturated rings. The van der Waals surface area contributed by atoms with E-state index >= 15 is 0 Å². The Kier molecular flexibility index (Phi) is 3.27. The van der Waals surface area contributed by atoms with Gasteiger partial charge in [-0.2, -0.15) is 0 Å². The van der Waals surface area contributed by atoms with Crippen LogP contribution in [0.2, 0.25) is 0 Å². The van der Waals surface area contributed by atoms with Gasteiger partial charge in [0.2, 0.25) is 0 Å². The van der Waals surface area contributed by atoms with Gasteiger partial charge in [0.15, 0.2) is 0 Å². The predicted molar refractivity (Wildman–Crippen MR) is 62.3 cm³/mol. The fraction of sp³-hybridized carbons (Fsp3) is 0.538. The van der Waals surface area contributed by atoms with Gasteiger partial charge in [0.1, 0.15) is 5.75 Å². The molecule has 1 N–H and O–H groups in total. The first-order chi connectivity index (χ1) is 7.36. The van der Waals surface area contributed by atoms with E-state index in [0.29, 0.717) is 6.04 Å². The van der Waals surface area contributed by atoms with Gasteiger partial charge in [0, 0.05) is 6.04 Å². The summed E-state index contributed by atoms with van der Waals surface area (Å²) in [6, 6.07) is 6.92. The second-order valence-corrected chi connectivity index (χ2v) is 4.05. The third-order valence-electron chi connectivity index (χ3n) is 3.04. The van der Waals surface area contributed by atoms with Crippen molar-refractivity contribution in [2.75, 3.05) is 13.7 Å². The largest absolute Gasteiger partial charge is 0.493 e. The highest BCUT2D eigenvalue weighted by Crippen LogP contribution is 2.36. The minimum absolute atomic E-state index is 0.519. The van der Waals surface area contributed by atoms with Crippen LogP contribution in [0, 0.1) is 0 Å². The van der Waals surface area contributed by atoms with Crippen molar-refractivity contribution < 1.29 is 4.74 Å². The Bertz CT molecular complexity index is 335. The van der Waals surface area contributed by atoms with E-state index in [-0.39, 0.29) is 0 Å². The molecule has 2 rings (SSSR count). The average Bonchev–Trinajstić information content (AvgIpc) is 2.69. The number of nitrogens with one attached hydrogen (secondary N) is 1. The molecule has 0 saturated heterocycles. The number of hydrogen-bond acceptors (Lipinski definition) is 2. The average molecular weight is 205 g/mol. The summed E-state index contributed by atoms with van der Waals surface area (Å²) in [7, 11) is 2.03.